The molecule has 1 amide bonds. The van der Waals surface area contributed by atoms with E-state index in [9.17, 15) is 4.79 Å². The van der Waals surface area contributed by atoms with Gasteiger partial charge in [-0.1, -0.05) is 52.3 Å². The molecule has 0 saturated carbocycles. The Morgan fingerprint density at radius 2 is 1.68 bits per heavy atom. The van der Waals surface area contributed by atoms with E-state index < -0.39 is 0 Å². The molecule has 0 radical (unpaired) electrons. The number of hydrogen-bond donors (Lipinski definition) is 1. The highest BCUT2D eigenvalue weighted by atomic mass is 79.9. The Hall–Kier alpha value is -2.63. The van der Waals surface area contributed by atoms with Crippen molar-refractivity contribution >= 4 is 27.5 Å². The topological polar surface area (TPSA) is 35.6 Å². The fourth-order valence-corrected chi connectivity index (χ4v) is 4.39. The van der Waals surface area contributed by atoms with Crippen LogP contribution in [0.2, 0.25) is 0 Å². The molecule has 0 fully saturated rings. The summed E-state index contributed by atoms with van der Waals surface area (Å²) in [5, 5.41) is 3.17. The maximum absolute atomic E-state index is 12.8. The van der Waals surface area contributed by atoms with Gasteiger partial charge in [-0.3, -0.25) is 9.69 Å². The summed E-state index contributed by atoms with van der Waals surface area (Å²) in [5.41, 5.74) is 5.88. The van der Waals surface area contributed by atoms with Crippen LogP contribution in [0, 0.1) is 0 Å². The average Bonchev–Trinajstić information content (AvgIpc) is 2.79. The van der Waals surface area contributed by atoms with Crippen molar-refractivity contribution in [2.24, 2.45) is 0 Å². The van der Waals surface area contributed by atoms with Crippen LogP contribution in [0.15, 0.2) is 77.3 Å². The van der Waals surface area contributed by atoms with E-state index in [0.29, 0.717) is 12.1 Å². The summed E-state index contributed by atoms with van der Waals surface area (Å²) in [5.74, 6) is -0.0418. The zero-order chi connectivity index (χ0) is 21.8. The van der Waals surface area contributed by atoms with Gasteiger partial charge in [0.25, 0.3) is 5.91 Å². The zero-order valence-electron chi connectivity index (χ0n) is 18.0. The number of carbonyl (C=O) groups is 1. The van der Waals surface area contributed by atoms with Crippen LogP contribution in [0.1, 0.15) is 33.1 Å². The first kappa shape index (κ1) is 21.6. The van der Waals surface area contributed by atoms with Gasteiger partial charge in [0.05, 0.1) is 6.04 Å². The van der Waals surface area contributed by atoms with Gasteiger partial charge in [0.1, 0.15) is 0 Å². The van der Waals surface area contributed by atoms with Crippen molar-refractivity contribution in [1.29, 1.82) is 0 Å². The molecule has 31 heavy (non-hydrogen) atoms. The first-order valence-corrected chi connectivity index (χ1v) is 11.4. The lowest BCUT2D eigenvalue weighted by atomic mass is 9.96. The second-order valence-corrected chi connectivity index (χ2v) is 9.12. The quantitative estimate of drug-likeness (QED) is 0.539. The minimum atomic E-state index is -0.0418. The maximum Gasteiger partial charge on any atom is 0.251 e. The first-order valence-electron chi connectivity index (χ1n) is 10.6. The van der Waals surface area contributed by atoms with Crippen LogP contribution in [0.4, 0.5) is 5.69 Å². The van der Waals surface area contributed by atoms with Gasteiger partial charge in [-0.2, -0.15) is 0 Å². The molecule has 5 heteroatoms. The third-order valence-corrected chi connectivity index (χ3v) is 6.49. The minimum Gasteiger partial charge on any atom is -0.378 e. The molecule has 1 aliphatic rings. The molecule has 0 aliphatic carbocycles. The standard InChI is InChI=1S/C26H28BrN3O/c1-29(2)24-13-9-20(10-14-24)25(17-28-26(31)21-7-11-23(27)12-8-21)30-16-15-19-5-3-4-6-22(19)18-30/h3-14,25H,15-18H2,1-2H3,(H,28,31)/t25-/m0/s1. The van der Waals surface area contributed by atoms with Crippen LogP contribution in [0.5, 0.6) is 0 Å². The van der Waals surface area contributed by atoms with Crippen LogP contribution in [-0.2, 0) is 13.0 Å². The van der Waals surface area contributed by atoms with E-state index in [-0.39, 0.29) is 11.9 Å². The molecule has 1 heterocycles. The molecule has 1 N–H and O–H groups in total. The molecular weight excluding hydrogens is 450 g/mol. The van der Waals surface area contributed by atoms with Crippen molar-refractivity contribution in [3.63, 3.8) is 0 Å². The number of nitrogens with zero attached hydrogens (tertiary/aromatic N) is 2. The molecular formula is C26H28BrN3O. The van der Waals surface area contributed by atoms with Crippen molar-refractivity contribution in [1.82, 2.24) is 10.2 Å². The van der Waals surface area contributed by atoms with Gasteiger partial charge in [0.15, 0.2) is 0 Å². The Bertz CT molecular complexity index is 1030. The number of halogens is 1. The van der Waals surface area contributed by atoms with Crippen LogP contribution < -0.4 is 10.2 Å². The molecule has 0 aromatic heterocycles. The second-order valence-electron chi connectivity index (χ2n) is 8.21. The van der Waals surface area contributed by atoms with E-state index in [1.165, 1.54) is 22.4 Å². The minimum absolute atomic E-state index is 0.0418. The van der Waals surface area contributed by atoms with Crippen molar-refractivity contribution in [3.05, 3.63) is 99.5 Å². The van der Waals surface area contributed by atoms with Gasteiger partial charge in [-0.15, -0.1) is 0 Å². The predicted octanol–water partition coefficient (Wildman–Crippen LogP) is 5.04. The van der Waals surface area contributed by atoms with Crippen LogP contribution in [0.25, 0.3) is 0 Å². The maximum atomic E-state index is 12.8. The summed E-state index contributed by atoms with van der Waals surface area (Å²) >= 11 is 3.43. The number of nitrogens with one attached hydrogen (secondary N) is 1. The van der Waals surface area contributed by atoms with Gasteiger partial charge in [-0.05, 0) is 59.5 Å². The van der Waals surface area contributed by atoms with Crippen LogP contribution >= 0.6 is 15.9 Å². The smallest absolute Gasteiger partial charge is 0.251 e. The number of amides is 1. The fraction of sp³-hybridized carbons (Fsp3) is 0.269. The van der Waals surface area contributed by atoms with E-state index >= 15 is 0 Å². The Kier molecular flexibility index (Phi) is 6.73. The van der Waals surface area contributed by atoms with Crippen molar-refractivity contribution < 1.29 is 4.79 Å². The summed E-state index contributed by atoms with van der Waals surface area (Å²) in [7, 11) is 4.10. The first-order chi connectivity index (χ1) is 15.0. The van der Waals surface area contributed by atoms with Gasteiger partial charge < -0.3 is 10.2 Å². The molecule has 0 bridgehead atoms. The number of benzene rings is 3. The Balaban J connectivity index is 1.55. The molecule has 0 saturated heterocycles. The summed E-state index contributed by atoms with van der Waals surface area (Å²) in [6.45, 7) is 2.44. The second kappa shape index (κ2) is 9.67. The van der Waals surface area contributed by atoms with Crippen molar-refractivity contribution in [2.75, 3.05) is 32.1 Å². The lowest BCUT2D eigenvalue weighted by molar-refractivity contribution is 0.0927. The van der Waals surface area contributed by atoms with Crippen molar-refractivity contribution in [3.8, 4) is 0 Å². The summed E-state index contributed by atoms with van der Waals surface area (Å²) in [6, 6.07) is 24.9. The van der Waals surface area contributed by atoms with Gasteiger partial charge >= 0.3 is 0 Å². The summed E-state index contributed by atoms with van der Waals surface area (Å²) < 4.78 is 0.967. The summed E-state index contributed by atoms with van der Waals surface area (Å²) in [4.78, 5) is 17.3. The predicted molar refractivity (Wildman–Crippen MR) is 131 cm³/mol. The molecule has 0 unspecified atom stereocenters. The third kappa shape index (κ3) is 5.17. The molecule has 160 valence electrons. The number of carbonyl (C=O) groups excluding carboxylic acids is 1. The lowest BCUT2D eigenvalue weighted by Gasteiger charge is -2.36. The van der Waals surface area contributed by atoms with E-state index in [2.05, 4.69) is 79.6 Å². The van der Waals surface area contributed by atoms with Gasteiger partial charge in [0.2, 0.25) is 0 Å². The van der Waals surface area contributed by atoms with Crippen LogP contribution in [-0.4, -0.2) is 38.0 Å². The molecule has 0 spiro atoms. The zero-order valence-corrected chi connectivity index (χ0v) is 19.6. The Morgan fingerprint density at radius 3 is 2.35 bits per heavy atom. The number of anilines is 1. The fourth-order valence-electron chi connectivity index (χ4n) is 4.13. The van der Waals surface area contributed by atoms with Crippen molar-refractivity contribution in [2.45, 2.75) is 19.0 Å². The van der Waals surface area contributed by atoms with Gasteiger partial charge in [0, 0.05) is 49.5 Å². The monoisotopic (exact) mass is 477 g/mol. The highest BCUT2D eigenvalue weighted by Crippen LogP contribution is 2.29. The molecule has 4 rings (SSSR count). The van der Waals surface area contributed by atoms with E-state index in [1.54, 1.807) is 0 Å². The molecule has 3 aromatic rings. The molecule has 1 atom stereocenters. The van der Waals surface area contributed by atoms with E-state index in [0.717, 1.165) is 24.0 Å². The molecule has 3 aromatic carbocycles. The highest BCUT2D eigenvalue weighted by molar-refractivity contribution is 9.10. The number of fused-ring (bicyclic) bond motifs is 1. The Morgan fingerprint density at radius 1 is 1.00 bits per heavy atom. The van der Waals surface area contributed by atoms with Crippen LogP contribution in [0.3, 0.4) is 0 Å². The molecule has 4 nitrogen and oxygen atoms in total. The number of rotatable bonds is 6. The highest BCUT2D eigenvalue weighted by Gasteiger charge is 2.25. The average molecular weight is 478 g/mol. The number of hydrogen-bond acceptors (Lipinski definition) is 3. The SMILES string of the molecule is CN(C)c1ccc([C@H](CNC(=O)c2ccc(Br)cc2)N2CCc3ccccc3C2)cc1. The molecule has 1 aliphatic heterocycles. The largest absolute Gasteiger partial charge is 0.378 e. The van der Waals surface area contributed by atoms with E-state index in [1.807, 2.05) is 38.4 Å². The third-order valence-electron chi connectivity index (χ3n) is 5.96. The summed E-state index contributed by atoms with van der Waals surface area (Å²) in [6.07, 6.45) is 1.03. The van der Waals surface area contributed by atoms with E-state index in [4.69, 9.17) is 0 Å². The normalized spacial score (nSPS) is 14.5. The van der Waals surface area contributed by atoms with Gasteiger partial charge in [-0.25, -0.2) is 0 Å². The Labute approximate surface area is 193 Å². The lowest BCUT2D eigenvalue weighted by Crippen LogP contribution is -2.40.